The van der Waals surface area contributed by atoms with Crippen molar-refractivity contribution < 1.29 is 48.8 Å². The van der Waals surface area contributed by atoms with Gasteiger partial charge in [0.05, 0.1) is 29.2 Å². The molecule has 0 unspecified atom stereocenters. The molecule has 13 heteroatoms. The Labute approximate surface area is 258 Å². The lowest BCUT2D eigenvalue weighted by Gasteiger charge is -2.42. The van der Waals surface area contributed by atoms with Crippen LogP contribution >= 0.6 is 0 Å². The molecular formula is C32H35F6NO5S. The van der Waals surface area contributed by atoms with Gasteiger partial charge in [-0.3, -0.25) is 9.35 Å². The maximum Gasteiger partial charge on any atom is 0.416 e. The van der Waals surface area contributed by atoms with Gasteiger partial charge in [0.1, 0.15) is 0 Å². The minimum Gasteiger partial charge on any atom is -0.376 e. The second kappa shape index (κ2) is 14.3. The van der Waals surface area contributed by atoms with Gasteiger partial charge in [-0.05, 0) is 61.2 Å². The Morgan fingerprint density at radius 2 is 1.40 bits per heavy atom. The molecule has 45 heavy (non-hydrogen) atoms. The lowest BCUT2D eigenvalue weighted by molar-refractivity contribution is -0.143. The Morgan fingerprint density at radius 1 is 0.889 bits per heavy atom. The standard InChI is InChI=1S/C25H27F6NO2.C7H8O3S/c1-17(2)22(33)32-10-8-23(9-11-32,19-6-4-3-5-7-19)16-34-15-18-12-20(24(26,27)28)14-21(13-18)25(29,30)31;1-6-2-4-7(5-3-6)11(8,9)10/h3-7,12-14,17H,8-11,15-16H2,1-2H3;2-5H,1H3,(H,8,9,10). The fourth-order valence-corrected chi connectivity index (χ4v) is 5.49. The number of aryl methyl sites for hydroxylation is 1. The van der Waals surface area contributed by atoms with E-state index >= 15 is 0 Å². The third-order valence-corrected chi connectivity index (χ3v) is 8.39. The van der Waals surface area contributed by atoms with Crippen molar-refractivity contribution in [2.45, 2.75) is 62.9 Å². The van der Waals surface area contributed by atoms with E-state index in [4.69, 9.17) is 9.29 Å². The van der Waals surface area contributed by atoms with Crippen molar-refractivity contribution in [3.8, 4) is 0 Å². The zero-order valence-electron chi connectivity index (χ0n) is 25.0. The number of likely N-dealkylation sites (tertiary alicyclic amines) is 1. The predicted molar refractivity (Wildman–Crippen MR) is 156 cm³/mol. The number of carbonyl (C=O) groups is 1. The Kier molecular flexibility index (Phi) is 11.5. The molecule has 6 nitrogen and oxygen atoms in total. The summed E-state index contributed by atoms with van der Waals surface area (Å²) in [5.74, 6) is -0.0876. The van der Waals surface area contributed by atoms with E-state index in [0.29, 0.717) is 38.1 Å². The molecule has 1 heterocycles. The molecule has 1 amide bonds. The number of halogens is 6. The molecule has 0 bridgehead atoms. The van der Waals surface area contributed by atoms with Gasteiger partial charge in [-0.15, -0.1) is 0 Å². The van der Waals surface area contributed by atoms with Crippen LogP contribution < -0.4 is 0 Å². The van der Waals surface area contributed by atoms with Crippen LogP contribution in [0.2, 0.25) is 0 Å². The number of rotatable bonds is 7. The zero-order valence-corrected chi connectivity index (χ0v) is 25.8. The maximum absolute atomic E-state index is 13.1. The molecule has 246 valence electrons. The van der Waals surface area contributed by atoms with Crippen LogP contribution in [0.4, 0.5) is 26.3 Å². The average molecular weight is 660 g/mol. The van der Waals surface area contributed by atoms with Gasteiger partial charge in [-0.2, -0.15) is 34.8 Å². The van der Waals surface area contributed by atoms with Gasteiger partial charge in [-0.1, -0.05) is 61.9 Å². The summed E-state index contributed by atoms with van der Waals surface area (Å²) in [5.41, 5.74) is -1.50. The van der Waals surface area contributed by atoms with Gasteiger partial charge in [0.15, 0.2) is 0 Å². The Hall–Kier alpha value is -3.42. The fraction of sp³-hybridized carbons (Fsp3) is 0.406. The van der Waals surface area contributed by atoms with E-state index in [1.807, 2.05) is 51.1 Å². The smallest absolute Gasteiger partial charge is 0.376 e. The molecule has 1 aliphatic heterocycles. The molecule has 0 radical (unpaired) electrons. The highest BCUT2D eigenvalue weighted by Crippen LogP contribution is 2.38. The van der Waals surface area contributed by atoms with E-state index in [2.05, 4.69) is 0 Å². The zero-order chi connectivity index (χ0) is 33.6. The van der Waals surface area contributed by atoms with E-state index in [1.54, 1.807) is 17.0 Å². The van der Waals surface area contributed by atoms with Crippen LogP contribution in [0.25, 0.3) is 0 Å². The van der Waals surface area contributed by atoms with Crippen molar-refractivity contribution >= 4 is 16.0 Å². The van der Waals surface area contributed by atoms with Crippen molar-refractivity contribution in [2.75, 3.05) is 19.7 Å². The third kappa shape index (κ3) is 10.0. The van der Waals surface area contributed by atoms with E-state index in [-0.39, 0.29) is 35.0 Å². The highest BCUT2D eigenvalue weighted by molar-refractivity contribution is 7.85. The highest BCUT2D eigenvalue weighted by Gasteiger charge is 2.39. The van der Waals surface area contributed by atoms with E-state index in [0.717, 1.165) is 11.1 Å². The molecule has 0 aromatic heterocycles. The van der Waals surface area contributed by atoms with Crippen molar-refractivity contribution in [1.82, 2.24) is 4.90 Å². The number of ether oxygens (including phenoxy) is 1. The number of piperidine rings is 1. The van der Waals surface area contributed by atoms with Gasteiger partial charge in [-0.25, -0.2) is 0 Å². The first kappa shape index (κ1) is 36.1. The van der Waals surface area contributed by atoms with Crippen LogP contribution in [0.5, 0.6) is 0 Å². The minimum atomic E-state index is -4.91. The van der Waals surface area contributed by atoms with Crippen molar-refractivity contribution in [1.29, 1.82) is 0 Å². The van der Waals surface area contributed by atoms with E-state index in [1.165, 1.54) is 12.1 Å². The van der Waals surface area contributed by atoms with E-state index < -0.39 is 45.6 Å². The molecule has 0 saturated carbocycles. The minimum absolute atomic E-state index is 0.0474. The lowest BCUT2D eigenvalue weighted by Crippen LogP contribution is -2.48. The summed E-state index contributed by atoms with van der Waals surface area (Å²) in [4.78, 5) is 14.1. The molecule has 3 aromatic rings. The quantitative estimate of drug-likeness (QED) is 0.208. The molecular weight excluding hydrogens is 624 g/mol. The summed E-state index contributed by atoms with van der Waals surface area (Å²) in [5, 5.41) is 0. The average Bonchev–Trinajstić information content (AvgIpc) is 2.96. The highest BCUT2D eigenvalue weighted by atomic mass is 32.2. The number of hydrogen-bond donors (Lipinski definition) is 1. The van der Waals surface area contributed by atoms with Gasteiger partial charge in [0, 0.05) is 24.4 Å². The summed E-state index contributed by atoms with van der Waals surface area (Å²) in [6.07, 6.45) is -8.66. The van der Waals surface area contributed by atoms with Gasteiger partial charge >= 0.3 is 12.4 Å². The summed E-state index contributed by atoms with van der Waals surface area (Å²) >= 11 is 0. The SMILES string of the molecule is CC(C)C(=O)N1CCC(COCc2cc(C(F)(F)F)cc(C(F)(F)F)c2)(c2ccccc2)CC1.Cc1ccc(S(=O)(=O)O)cc1. The lowest BCUT2D eigenvalue weighted by atomic mass is 9.73. The molecule has 0 spiro atoms. The van der Waals surface area contributed by atoms with Crippen LogP contribution in [0.15, 0.2) is 77.7 Å². The van der Waals surface area contributed by atoms with Gasteiger partial charge < -0.3 is 9.64 Å². The molecule has 0 atom stereocenters. The first-order valence-corrected chi connectivity index (χ1v) is 15.5. The van der Waals surface area contributed by atoms with Crippen molar-refractivity contribution in [3.05, 3.63) is 101 Å². The topological polar surface area (TPSA) is 83.9 Å². The van der Waals surface area contributed by atoms with Crippen LogP contribution in [-0.2, 0) is 44.0 Å². The Morgan fingerprint density at radius 3 is 1.84 bits per heavy atom. The molecule has 1 aliphatic rings. The number of carbonyl (C=O) groups excluding carboxylic acids is 1. The van der Waals surface area contributed by atoms with Crippen LogP contribution in [0, 0.1) is 12.8 Å². The number of hydrogen-bond acceptors (Lipinski definition) is 4. The number of amides is 1. The molecule has 3 aromatic carbocycles. The largest absolute Gasteiger partial charge is 0.416 e. The van der Waals surface area contributed by atoms with Gasteiger partial charge in [0.2, 0.25) is 5.91 Å². The predicted octanol–water partition coefficient (Wildman–Crippen LogP) is 7.70. The number of alkyl halides is 6. The Balaban J connectivity index is 0.000000423. The maximum atomic E-state index is 13.1. The summed E-state index contributed by atoms with van der Waals surface area (Å²) in [6.45, 7) is 6.21. The second-order valence-electron chi connectivity index (χ2n) is 11.3. The molecule has 1 saturated heterocycles. The fourth-order valence-electron chi connectivity index (χ4n) is 5.01. The molecule has 0 aliphatic carbocycles. The monoisotopic (exact) mass is 659 g/mol. The summed E-state index contributed by atoms with van der Waals surface area (Å²) in [7, 11) is -4.02. The first-order chi connectivity index (χ1) is 20.8. The first-order valence-electron chi connectivity index (χ1n) is 14.1. The van der Waals surface area contributed by atoms with Crippen molar-refractivity contribution in [3.63, 3.8) is 0 Å². The molecule has 4 rings (SSSR count). The van der Waals surface area contributed by atoms with Crippen LogP contribution in [0.3, 0.4) is 0 Å². The summed E-state index contributed by atoms with van der Waals surface area (Å²) in [6, 6.07) is 16.9. The number of benzene rings is 3. The third-order valence-electron chi connectivity index (χ3n) is 7.53. The molecule has 1 fully saturated rings. The van der Waals surface area contributed by atoms with Crippen molar-refractivity contribution in [2.24, 2.45) is 5.92 Å². The normalized spacial score (nSPS) is 15.4. The Bertz CT molecular complexity index is 1500. The summed E-state index contributed by atoms with van der Waals surface area (Å²) < 4.78 is 114. The van der Waals surface area contributed by atoms with E-state index in [9.17, 15) is 39.6 Å². The number of nitrogens with zero attached hydrogens (tertiary/aromatic N) is 1. The van der Waals surface area contributed by atoms with Crippen LogP contribution in [0.1, 0.15) is 54.5 Å². The van der Waals surface area contributed by atoms with Crippen LogP contribution in [-0.4, -0.2) is 43.5 Å². The van der Waals surface area contributed by atoms with Gasteiger partial charge in [0.25, 0.3) is 10.1 Å². The molecule has 1 N–H and O–H groups in total. The second-order valence-corrected chi connectivity index (χ2v) is 12.7.